The van der Waals surface area contributed by atoms with Crippen LogP contribution < -0.4 is 0 Å². The standard InChI is InChI=1S/C22H16F3N3O/c23-22(24,25)18-10-4-8-16(12-18)21(29)28-20(15-6-2-1-3-7-15)13-19(27-28)17-9-5-11-26-14-17/h1-12,14,20H,13H2. The number of rotatable bonds is 3. The van der Waals surface area contributed by atoms with Gasteiger partial charge in [0.15, 0.2) is 0 Å². The molecule has 1 aliphatic rings. The minimum absolute atomic E-state index is 0.0584. The number of amides is 1. The van der Waals surface area contributed by atoms with Crippen LogP contribution >= 0.6 is 0 Å². The van der Waals surface area contributed by atoms with Crippen LogP contribution in [0.25, 0.3) is 0 Å². The van der Waals surface area contributed by atoms with Crippen molar-refractivity contribution in [2.45, 2.75) is 18.6 Å². The molecule has 1 aliphatic heterocycles. The fraction of sp³-hybridized carbons (Fsp3) is 0.136. The third kappa shape index (κ3) is 3.89. The Morgan fingerprint density at radius 3 is 2.48 bits per heavy atom. The number of aromatic nitrogens is 1. The summed E-state index contributed by atoms with van der Waals surface area (Å²) in [5, 5.41) is 5.73. The monoisotopic (exact) mass is 395 g/mol. The number of nitrogens with zero attached hydrogens (tertiary/aromatic N) is 3. The molecule has 0 bridgehead atoms. The third-order valence-electron chi connectivity index (χ3n) is 4.73. The van der Waals surface area contributed by atoms with Gasteiger partial charge < -0.3 is 0 Å². The first kappa shape index (κ1) is 18.9. The fourth-order valence-electron chi connectivity index (χ4n) is 3.30. The van der Waals surface area contributed by atoms with Crippen LogP contribution in [0.4, 0.5) is 13.2 Å². The number of hydrazone groups is 1. The van der Waals surface area contributed by atoms with Crippen molar-refractivity contribution < 1.29 is 18.0 Å². The number of pyridine rings is 1. The Bertz CT molecular complexity index is 1050. The minimum atomic E-state index is -4.52. The van der Waals surface area contributed by atoms with Crippen LogP contribution in [-0.4, -0.2) is 21.6 Å². The van der Waals surface area contributed by atoms with Crippen molar-refractivity contribution >= 4 is 11.6 Å². The Morgan fingerprint density at radius 1 is 1.00 bits per heavy atom. The van der Waals surface area contributed by atoms with Crippen LogP contribution in [0.15, 0.2) is 84.2 Å². The Labute approximate surface area is 165 Å². The van der Waals surface area contributed by atoms with Gasteiger partial charge in [0.2, 0.25) is 0 Å². The number of carbonyl (C=O) groups is 1. The summed E-state index contributed by atoms with van der Waals surface area (Å²) in [5.74, 6) is -0.580. The summed E-state index contributed by atoms with van der Waals surface area (Å²) in [6.07, 6.45) is -0.789. The molecule has 3 aromatic rings. The maximum Gasteiger partial charge on any atom is 0.416 e. The van der Waals surface area contributed by atoms with E-state index in [9.17, 15) is 18.0 Å². The van der Waals surface area contributed by atoms with Crippen molar-refractivity contribution in [3.8, 4) is 0 Å². The van der Waals surface area contributed by atoms with E-state index in [1.54, 1.807) is 18.5 Å². The van der Waals surface area contributed by atoms with Crippen LogP contribution in [0.1, 0.15) is 39.5 Å². The molecular formula is C22H16F3N3O. The van der Waals surface area contributed by atoms with Crippen molar-refractivity contribution in [3.63, 3.8) is 0 Å². The molecule has 4 rings (SSSR count). The van der Waals surface area contributed by atoms with Crippen molar-refractivity contribution in [3.05, 3.63) is 101 Å². The van der Waals surface area contributed by atoms with Gasteiger partial charge in [-0.1, -0.05) is 42.5 Å². The Balaban J connectivity index is 1.73. The largest absolute Gasteiger partial charge is 0.416 e. The number of carbonyl (C=O) groups excluding carboxylic acids is 1. The van der Waals surface area contributed by atoms with E-state index >= 15 is 0 Å². The molecule has 0 fully saturated rings. The lowest BCUT2D eigenvalue weighted by Crippen LogP contribution is -2.27. The second-order valence-corrected chi connectivity index (χ2v) is 6.65. The topological polar surface area (TPSA) is 45.6 Å². The van der Waals surface area contributed by atoms with E-state index in [-0.39, 0.29) is 5.56 Å². The average Bonchev–Trinajstić information content (AvgIpc) is 3.19. The van der Waals surface area contributed by atoms with Crippen molar-refractivity contribution in [1.82, 2.24) is 9.99 Å². The zero-order valence-electron chi connectivity index (χ0n) is 15.2. The molecular weight excluding hydrogens is 379 g/mol. The number of hydrogen-bond acceptors (Lipinski definition) is 3. The van der Waals surface area contributed by atoms with Gasteiger partial charge in [-0.3, -0.25) is 9.78 Å². The molecule has 0 spiro atoms. The number of benzene rings is 2. The van der Waals surface area contributed by atoms with Crippen LogP contribution in [0, 0.1) is 0 Å². The predicted molar refractivity (Wildman–Crippen MR) is 102 cm³/mol. The van der Waals surface area contributed by atoms with E-state index in [0.717, 1.165) is 23.3 Å². The lowest BCUT2D eigenvalue weighted by atomic mass is 9.99. The van der Waals surface area contributed by atoms with Gasteiger partial charge in [-0.2, -0.15) is 18.3 Å². The second-order valence-electron chi connectivity index (χ2n) is 6.65. The van der Waals surface area contributed by atoms with Gasteiger partial charge in [-0.25, -0.2) is 5.01 Å². The normalized spacial score (nSPS) is 16.6. The molecule has 2 aromatic carbocycles. The van der Waals surface area contributed by atoms with Gasteiger partial charge in [-0.05, 0) is 29.8 Å². The summed E-state index contributed by atoms with van der Waals surface area (Å²) < 4.78 is 39.2. The summed E-state index contributed by atoms with van der Waals surface area (Å²) in [6, 6.07) is 16.9. The lowest BCUT2D eigenvalue weighted by molar-refractivity contribution is -0.137. The SMILES string of the molecule is O=C(c1cccc(C(F)(F)F)c1)N1N=C(c2cccnc2)CC1c1ccccc1. The molecule has 1 aromatic heterocycles. The quantitative estimate of drug-likeness (QED) is 0.620. The van der Waals surface area contributed by atoms with Gasteiger partial charge in [0.05, 0.1) is 17.3 Å². The number of alkyl halides is 3. The highest BCUT2D eigenvalue weighted by Gasteiger charge is 2.35. The first-order valence-electron chi connectivity index (χ1n) is 8.97. The second kappa shape index (κ2) is 7.50. The highest BCUT2D eigenvalue weighted by atomic mass is 19.4. The van der Waals surface area contributed by atoms with Gasteiger partial charge >= 0.3 is 6.18 Å². The summed E-state index contributed by atoms with van der Waals surface area (Å²) in [5.41, 5.74) is 1.36. The zero-order valence-corrected chi connectivity index (χ0v) is 15.2. The van der Waals surface area contributed by atoms with Gasteiger partial charge in [0.1, 0.15) is 0 Å². The molecule has 0 saturated heterocycles. The van der Waals surface area contributed by atoms with Crippen LogP contribution in [-0.2, 0) is 6.18 Å². The molecule has 1 atom stereocenters. The Morgan fingerprint density at radius 2 is 1.79 bits per heavy atom. The molecule has 29 heavy (non-hydrogen) atoms. The van der Waals surface area contributed by atoms with E-state index < -0.39 is 23.7 Å². The number of hydrogen-bond donors (Lipinski definition) is 0. The summed E-state index contributed by atoms with van der Waals surface area (Å²) in [4.78, 5) is 17.2. The van der Waals surface area contributed by atoms with E-state index in [2.05, 4.69) is 10.1 Å². The maximum atomic E-state index is 13.1. The number of halogens is 3. The molecule has 0 N–H and O–H groups in total. The molecule has 4 nitrogen and oxygen atoms in total. The predicted octanol–water partition coefficient (Wildman–Crippen LogP) is 5.09. The van der Waals surface area contributed by atoms with Crippen LogP contribution in [0.3, 0.4) is 0 Å². The maximum absolute atomic E-state index is 13.1. The first-order chi connectivity index (χ1) is 13.9. The molecule has 1 unspecified atom stereocenters. The van der Waals surface area contributed by atoms with Crippen molar-refractivity contribution in [1.29, 1.82) is 0 Å². The molecule has 0 radical (unpaired) electrons. The van der Waals surface area contributed by atoms with E-state index in [4.69, 9.17) is 0 Å². The molecule has 1 amide bonds. The van der Waals surface area contributed by atoms with E-state index in [1.165, 1.54) is 17.1 Å². The van der Waals surface area contributed by atoms with Gasteiger partial charge in [-0.15, -0.1) is 0 Å². The minimum Gasteiger partial charge on any atom is -0.267 e. The van der Waals surface area contributed by atoms with Crippen LogP contribution in [0.2, 0.25) is 0 Å². The third-order valence-corrected chi connectivity index (χ3v) is 4.73. The molecule has 0 aliphatic carbocycles. The van der Waals surface area contributed by atoms with Crippen LogP contribution in [0.5, 0.6) is 0 Å². The highest BCUT2D eigenvalue weighted by molar-refractivity contribution is 6.04. The van der Waals surface area contributed by atoms with Crippen molar-refractivity contribution in [2.75, 3.05) is 0 Å². The smallest absolute Gasteiger partial charge is 0.267 e. The average molecular weight is 395 g/mol. The molecule has 146 valence electrons. The first-order valence-corrected chi connectivity index (χ1v) is 8.97. The van der Waals surface area contributed by atoms with Gasteiger partial charge in [0, 0.05) is 29.9 Å². The van der Waals surface area contributed by atoms with E-state index in [1.807, 2.05) is 36.4 Å². The van der Waals surface area contributed by atoms with E-state index in [0.29, 0.717) is 12.1 Å². The molecule has 7 heteroatoms. The molecule has 2 heterocycles. The summed E-state index contributed by atoms with van der Waals surface area (Å²) >= 11 is 0. The highest BCUT2D eigenvalue weighted by Crippen LogP contribution is 2.35. The van der Waals surface area contributed by atoms with Gasteiger partial charge in [0.25, 0.3) is 5.91 Å². The molecule has 0 saturated carbocycles. The zero-order chi connectivity index (χ0) is 20.4. The summed E-state index contributed by atoms with van der Waals surface area (Å²) in [7, 11) is 0. The summed E-state index contributed by atoms with van der Waals surface area (Å²) in [6.45, 7) is 0. The Kier molecular flexibility index (Phi) is 4.88. The lowest BCUT2D eigenvalue weighted by Gasteiger charge is -2.22. The Hall–Kier alpha value is -3.48. The van der Waals surface area contributed by atoms with Crippen molar-refractivity contribution in [2.24, 2.45) is 5.10 Å². The fourth-order valence-corrected chi connectivity index (χ4v) is 3.30.